The molecule has 0 saturated heterocycles. The number of nitrogens with one attached hydrogen (secondary N) is 1. The highest BCUT2D eigenvalue weighted by atomic mass is 35.5. The van der Waals surface area contributed by atoms with Gasteiger partial charge in [-0.3, -0.25) is 13.9 Å². The monoisotopic (exact) mass is 505 g/mol. The lowest BCUT2D eigenvalue weighted by Gasteiger charge is -2.32. The molecule has 9 heteroatoms. The number of rotatable bonds is 9. The third kappa shape index (κ3) is 6.96. The van der Waals surface area contributed by atoms with E-state index in [0.29, 0.717) is 10.7 Å². The van der Waals surface area contributed by atoms with E-state index in [1.54, 1.807) is 49.4 Å². The van der Waals surface area contributed by atoms with Crippen molar-refractivity contribution in [1.82, 2.24) is 10.2 Å². The van der Waals surface area contributed by atoms with Gasteiger partial charge in [0.05, 0.1) is 11.9 Å². The summed E-state index contributed by atoms with van der Waals surface area (Å²) < 4.78 is 26.3. The molecule has 0 aromatic heterocycles. The minimum atomic E-state index is -3.74. The van der Waals surface area contributed by atoms with Crippen LogP contribution in [0.5, 0.6) is 0 Å². The maximum absolute atomic E-state index is 13.5. The van der Waals surface area contributed by atoms with E-state index in [0.717, 1.165) is 47.4 Å². The zero-order valence-corrected chi connectivity index (χ0v) is 21.4. The van der Waals surface area contributed by atoms with E-state index in [9.17, 15) is 18.0 Å². The van der Waals surface area contributed by atoms with Crippen molar-refractivity contribution < 1.29 is 18.0 Å². The molecule has 1 aliphatic rings. The summed E-state index contributed by atoms with van der Waals surface area (Å²) in [6.07, 6.45) is 5.08. The second-order valence-electron chi connectivity index (χ2n) is 8.92. The molecule has 1 N–H and O–H groups in total. The number of nitrogens with zero attached hydrogens (tertiary/aromatic N) is 2. The predicted molar refractivity (Wildman–Crippen MR) is 135 cm³/mol. The number of hydrogen-bond acceptors (Lipinski definition) is 4. The van der Waals surface area contributed by atoms with Crippen LogP contribution >= 0.6 is 11.6 Å². The molecule has 0 bridgehead atoms. The van der Waals surface area contributed by atoms with Gasteiger partial charge in [-0.25, -0.2) is 8.42 Å². The lowest BCUT2D eigenvalue weighted by Crippen LogP contribution is -2.52. The summed E-state index contributed by atoms with van der Waals surface area (Å²) >= 11 is 6.00. The van der Waals surface area contributed by atoms with Gasteiger partial charge >= 0.3 is 0 Å². The number of amides is 2. The smallest absolute Gasteiger partial charge is 0.244 e. The summed E-state index contributed by atoms with van der Waals surface area (Å²) in [7, 11) is -3.74. The molecule has 1 aliphatic carbocycles. The fraction of sp³-hybridized carbons (Fsp3) is 0.440. The summed E-state index contributed by atoms with van der Waals surface area (Å²) in [5.74, 6) is -0.702. The first-order valence-electron chi connectivity index (χ1n) is 11.4. The molecule has 7 nitrogen and oxygen atoms in total. The molecule has 34 heavy (non-hydrogen) atoms. The van der Waals surface area contributed by atoms with Gasteiger partial charge in [0, 0.05) is 17.6 Å². The third-order valence-electron chi connectivity index (χ3n) is 6.10. The molecule has 1 saturated carbocycles. The number of aryl methyl sites for hydroxylation is 1. The van der Waals surface area contributed by atoms with Gasteiger partial charge in [0.15, 0.2) is 0 Å². The second kappa shape index (κ2) is 11.2. The summed E-state index contributed by atoms with van der Waals surface area (Å²) in [6.45, 7) is 3.28. The van der Waals surface area contributed by atoms with Crippen LogP contribution in [0.15, 0.2) is 48.5 Å². The summed E-state index contributed by atoms with van der Waals surface area (Å²) in [6, 6.07) is 13.3. The third-order valence-corrected chi connectivity index (χ3v) is 7.50. The van der Waals surface area contributed by atoms with Crippen LogP contribution in [0.2, 0.25) is 5.02 Å². The zero-order valence-electron chi connectivity index (χ0n) is 19.8. The highest BCUT2D eigenvalue weighted by Crippen LogP contribution is 2.21. The number of carbonyl (C=O) groups is 2. The first-order valence-corrected chi connectivity index (χ1v) is 13.7. The Bertz CT molecular complexity index is 1120. The summed E-state index contributed by atoms with van der Waals surface area (Å²) in [4.78, 5) is 28.0. The molecular weight excluding hydrogens is 474 g/mol. The number of benzene rings is 2. The number of hydrogen-bond donors (Lipinski definition) is 1. The van der Waals surface area contributed by atoms with E-state index in [2.05, 4.69) is 5.32 Å². The molecule has 2 aromatic carbocycles. The molecule has 3 rings (SSSR count). The van der Waals surface area contributed by atoms with E-state index >= 15 is 0 Å². The van der Waals surface area contributed by atoms with Crippen LogP contribution < -0.4 is 9.62 Å². The highest BCUT2D eigenvalue weighted by molar-refractivity contribution is 7.92. The summed E-state index contributed by atoms with van der Waals surface area (Å²) in [5.41, 5.74) is 2.08. The van der Waals surface area contributed by atoms with Crippen LogP contribution in [0.3, 0.4) is 0 Å². The summed E-state index contributed by atoms with van der Waals surface area (Å²) in [5, 5.41) is 3.61. The number of anilines is 1. The van der Waals surface area contributed by atoms with Gasteiger partial charge in [0.25, 0.3) is 0 Å². The lowest BCUT2D eigenvalue weighted by molar-refractivity contribution is -0.139. The minimum Gasteiger partial charge on any atom is -0.352 e. The Balaban J connectivity index is 1.87. The standard InChI is InChI=1S/C25H32ClN3O4S/c1-18-7-6-10-23(15-18)29(34(3,32)33)17-24(30)28(16-20-11-13-21(26)14-12-20)19(2)25(31)27-22-8-4-5-9-22/h6-7,10-15,19,22H,4-5,8-9,16-17H2,1-3H3,(H,27,31). The second-order valence-corrected chi connectivity index (χ2v) is 11.3. The molecule has 2 amide bonds. The lowest BCUT2D eigenvalue weighted by atomic mass is 10.1. The topological polar surface area (TPSA) is 86.8 Å². The van der Waals surface area contributed by atoms with Crippen molar-refractivity contribution >= 4 is 39.1 Å². The van der Waals surface area contributed by atoms with E-state index < -0.39 is 28.5 Å². The quantitative estimate of drug-likeness (QED) is 0.560. The first kappa shape index (κ1) is 26.0. The molecule has 1 fully saturated rings. The Kier molecular flexibility index (Phi) is 8.60. The van der Waals surface area contributed by atoms with Crippen LogP contribution in [0.25, 0.3) is 0 Å². The highest BCUT2D eigenvalue weighted by Gasteiger charge is 2.31. The Morgan fingerprint density at radius 2 is 1.76 bits per heavy atom. The minimum absolute atomic E-state index is 0.113. The van der Waals surface area contributed by atoms with Crippen molar-refractivity contribution in [3.05, 3.63) is 64.7 Å². The molecular formula is C25H32ClN3O4S. The fourth-order valence-corrected chi connectivity index (χ4v) is 5.13. The molecule has 0 heterocycles. The van der Waals surface area contributed by atoms with Crippen LogP contribution in [0.1, 0.15) is 43.7 Å². The van der Waals surface area contributed by atoms with Gasteiger partial charge in [0.2, 0.25) is 21.8 Å². The van der Waals surface area contributed by atoms with Crippen molar-refractivity contribution in [3.8, 4) is 0 Å². The average Bonchev–Trinajstić information content (AvgIpc) is 3.28. The van der Waals surface area contributed by atoms with Gasteiger partial charge in [0.1, 0.15) is 12.6 Å². The number of halogens is 1. The van der Waals surface area contributed by atoms with E-state index in [1.165, 1.54) is 4.90 Å². The number of carbonyl (C=O) groups excluding carboxylic acids is 2. The first-order chi connectivity index (χ1) is 16.0. The van der Waals surface area contributed by atoms with Crippen molar-refractivity contribution in [2.75, 3.05) is 17.1 Å². The maximum Gasteiger partial charge on any atom is 0.244 e. The van der Waals surface area contributed by atoms with E-state index in [4.69, 9.17) is 11.6 Å². The van der Waals surface area contributed by atoms with Crippen LogP contribution in [-0.2, 0) is 26.2 Å². The normalized spacial score (nSPS) is 15.1. The maximum atomic E-state index is 13.5. The molecule has 1 unspecified atom stereocenters. The van der Waals surface area contributed by atoms with E-state index in [-0.39, 0.29) is 18.5 Å². The molecule has 0 radical (unpaired) electrons. The van der Waals surface area contributed by atoms with Gasteiger partial charge in [-0.2, -0.15) is 0 Å². The Morgan fingerprint density at radius 1 is 1.12 bits per heavy atom. The van der Waals surface area contributed by atoms with Crippen molar-refractivity contribution in [3.63, 3.8) is 0 Å². The molecule has 184 valence electrons. The van der Waals surface area contributed by atoms with Gasteiger partial charge in [-0.15, -0.1) is 0 Å². The Morgan fingerprint density at radius 3 is 2.35 bits per heavy atom. The van der Waals surface area contributed by atoms with E-state index in [1.807, 2.05) is 13.0 Å². The predicted octanol–water partition coefficient (Wildman–Crippen LogP) is 3.89. The zero-order chi connectivity index (χ0) is 24.9. The van der Waals surface area contributed by atoms with Crippen LogP contribution in [0, 0.1) is 6.92 Å². The molecule has 0 spiro atoms. The average molecular weight is 506 g/mol. The van der Waals surface area contributed by atoms with Gasteiger partial charge in [-0.1, -0.05) is 48.7 Å². The molecule has 1 atom stereocenters. The Labute approximate surface area is 207 Å². The largest absolute Gasteiger partial charge is 0.352 e. The van der Waals surface area contributed by atoms with Gasteiger partial charge < -0.3 is 10.2 Å². The van der Waals surface area contributed by atoms with Crippen molar-refractivity contribution in [2.24, 2.45) is 0 Å². The molecule has 2 aromatic rings. The van der Waals surface area contributed by atoms with Crippen molar-refractivity contribution in [1.29, 1.82) is 0 Å². The van der Waals surface area contributed by atoms with Crippen LogP contribution in [-0.4, -0.2) is 50.0 Å². The van der Waals surface area contributed by atoms with Crippen LogP contribution in [0.4, 0.5) is 5.69 Å². The SMILES string of the molecule is Cc1cccc(N(CC(=O)N(Cc2ccc(Cl)cc2)C(C)C(=O)NC2CCCC2)S(C)(=O)=O)c1. The van der Waals surface area contributed by atoms with Gasteiger partial charge in [-0.05, 0) is 62.1 Å². The Hall–Kier alpha value is -2.58. The fourth-order valence-electron chi connectivity index (χ4n) is 4.16. The van der Waals surface area contributed by atoms with Crippen molar-refractivity contribution in [2.45, 2.75) is 58.2 Å². The number of sulfonamides is 1. The molecule has 0 aliphatic heterocycles.